The first-order valence-corrected chi connectivity index (χ1v) is 6.68. The molecule has 2 rings (SSSR count). The van der Waals surface area contributed by atoms with Crippen LogP contribution in [0.3, 0.4) is 0 Å². The minimum absolute atomic E-state index is 0.440. The van der Waals surface area contributed by atoms with E-state index in [0.29, 0.717) is 5.82 Å². The lowest BCUT2D eigenvalue weighted by atomic mass is 10.1. The van der Waals surface area contributed by atoms with Gasteiger partial charge in [-0.15, -0.1) is 0 Å². The summed E-state index contributed by atoms with van der Waals surface area (Å²) in [4.78, 5) is 17.1. The molecule has 2 aromatic rings. The number of halogens is 1. The molecular weight excluding hydrogens is 308 g/mol. The van der Waals surface area contributed by atoms with Gasteiger partial charge in [0.1, 0.15) is 5.82 Å². The molecule has 1 amide bonds. The molecule has 19 heavy (non-hydrogen) atoms. The lowest BCUT2D eigenvalue weighted by Gasteiger charge is -2.32. The van der Waals surface area contributed by atoms with Crippen LogP contribution in [0.4, 0.5) is 10.6 Å². The van der Waals surface area contributed by atoms with Crippen LogP contribution in [0, 0.1) is 0 Å². The minimum Gasteiger partial charge on any atom is -0.465 e. The molecule has 0 radical (unpaired) electrons. The van der Waals surface area contributed by atoms with Crippen molar-refractivity contribution in [3.8, 4) is 0 Å². The summed E-state index contributed by atoms with van der Waals surface area (Å²) in [7, 11) is 0. The number of rotatable bonds is 1. The smallest absolute Gasteiger partial charge is 0.413 e. The van der Waals surface area contributed by atoms with Crippen molar-refractivity contribution in [3.05, 3.63) is 34.8 Å². The molecule has 5 heteroatoms. The molecule has 1 aromatic heterocycles. The van der Waals surface area contributed by atoms with Crippen LogP contribution >= 0.6 is 15.9 Å². The molecule has 0 aliphatic rings. The van der Waals surface area contributed by atoms with Gasteiger partial charge in [0.2, 0.25) is 0 Å². The summed E-state index contributed by atoms with van der Waals surface area (Å²) in [5, 5.41) is 10.3. The Labute approximate surface area is 120 Å². The highest BCUT2D eigenvalue weighted by atomic mass is 79.9. The lowest BCUT2D eigenvalue weighted by molar-refractivity contribution is 0.195. The molecule has 0 saturated heterocycles. The zero-order valence-corrected chi connectivity index (χ0v) is 12.6. The molecule has 4 nitrogen and oxygen atoms in total. The summed E-state index contributed by atoms with van der Waals surface area (Å²) in [6.07, 6.45) is -1.00. The summed E-state index contributed by atoms with van der Waals surface area (Å²) >= 11 is 3.40. The highest BCUT2D eigenvalue weighted by Crippen LogP contribution is 2.26. The largest absolute Gasteiger partial charge is 0.465 e. The van der Waals surface area contributed by atoms with E-state index >= 15 is 0 Å². The number of carboxylic acid groups (broad SMARTS) is 1. The van der Waals surface area contributed by atoms with Crippen LogP contribution in [0.2, 0.25) is 0 Å². The third-order valence-electron chi connectivity index (χ3n) is 2.73. The maximum absolute atomic E-state index is 11.4. The second kappa shape index (κ2) is 4.81. The van der Waals surface area contributed by atoms with Crippen LogP contribution in [-0.2, 0) is 0 Å². The molecular formula is C14H15BrN2O2. The van der Waals surface area contributed by atoms with Crippen LogP contribution in [0.5, 0.6) is 0 Å². The van der Waals surface area contributed by atoms with Crippen molar-refractivity contribution in [2.75, 3.05) is 4.90 Å². The van der Waals surface area contributed by atoms with Gasteiger partial charge in [0.25, 0.3) is 0 Å². The van der Waals surface area contributed by atoms with Gasteiger partial charge in [-0.25, -0.2) is 9.78 Å². The van der Waals surface area contributed by atoms with E-state index in [4.69, 9.17) is 0 Å². The van der Waals surface area contributed by atoms with Crippen LogP contribution in [0.1, 0.15) is 20.8 Å². The monoisotopic (exact) mass is 322 g/mol. The second-order valence-electron chi connectivity index (χ2n) is 5.30. The van der Waals surface area contributed by atoms with Crippen LogP contribution in [0.15, 0.2) is 34.8 Å². The Morgan fingerprint density at radius 1 is 1.26 bits per heavy atom. The van der Waals surface area contributed by atoms with E-state index in [0.717, 1.165) is 15.4 Å². The predicted octanol–water partition coefficient (Wildman–Crippen LogP) is 4.28. The molecule has 0 saturated carbocycles. The van der Waals surface area contributed by atoms with E-state index in [-0.39, 0.29) is 0 Å². The lowest BCUT2D eigenvalue weighted by Crippen LogP contribution is -2.45. The normalized spacial score (nSPS) is 11.6. The molecule has 0 atom stereocenters. The van der Waals surface area contributed by atoms with Crippen molar-refractivity contribution in [3.63, 3.8) is 0 Å². The zero-order chi connectivity index (χ0) is 14.2. The number of carbonyl (C=O) groups is 1. The molecule has 1 aromatic carbocycles. The third-order valence-corrected chi connectivity index (χ3v) is 3.22. The standard InChI is InChI=1S/C14H15BrN2O2/c1-14(2,3)17(13(18)19)12-7-4-9-8-10(15)5-6-11(9)16-12/h4-8H,1-3H3,(H,18,19). The molecule has 0 spiro atoms. The maximum Gasteiger partial charge on any atom is 0.413 e. The number of aromatic nitrogens is 1. The quantitative estimate of drug-likeness (QED) is 0.852. The molecule has 0 aliphatic heterocycles. The second-order valence-corrected chi connectivity index (χ2v) is 6.21. The Balaban J connectivity index is 2.56. The number of pyridine rings is 1. The van der Waals surface area contributed by atoms with Crippen molar-refractivity contribution in [2.45, 2.75) is 26.3 Å². The number of anilines is 1. The Morgan fingerprint density at radius 2 is 1.95 bits per heavy atom. The van der Waals surface area contributed by atoms with Crippen LogP contribution in [-0.4, -0.2) is 21.7 Å². The summed E-state index contributed by atoms with van der Waals surface area (Å²) in [6, 6.07) is 9.32. The summed E-state index contributed by atoms with van der Waals surface area (Å²) in [5.41, 5.74) is 0.234. The average Bonchev–Trinajstić information content (AvgIpc) is 2.27. The Kier molecular flexibility index (Phi) is 3.49. The highest BCUT2D eigenvalue weighted by molar-refractivity contribution is 9.10. The van der Waals surface area contributed by atoms with E-state index in [1.165, 1.54) is 4.90 Å². The Morgan fingerprint density at radius 3 is 2.53 bits per heavy atom. The fraction of sp³-hybridized carbons (Fsp3) is 0.286. The summed E-state index contributed by atoms with van der Waals surface area (Å²) < 4.78 is 0.973. The van der Waals surface area contributed by atoms with Crippen molar-refractivity contribution in [1.29, 1.82) is 0 Å². The van der Waals surface area contributed by atoms with Crippen LogP contribution in [0.25, 0.3) is 10.9 Å². The number of amides is 1. The van der Waals surface area contributed by atoms with Crippen molar-refractivity contribution < 1.29 is 9.90 Å². The van der Waals surface area contributed by atoms with Gasteiger partial charge in [-0.1, -0.05) is 15.9 Å². The van der Waals surface area contributed by atoms with Gasteiger partial charge in [-0.3, -0.25) is 4.90 Å². The van der Waals surface area contributed by atoms with E-state index in [1.54, 1.807) is 6.07 Å². The first-order valence-electron chi connectivity index (χ1n) is 5.88. The molecule has 100 valence electrons. The molecule has 0 fully saturated rings. The highest BCUT2D eigenvalue weighted by Gasteiger charge is 2.28. The Bertz CT molecular complexity index is 635. The molecule has 1 N–H and O–H groups in total. The van der Waals surface area contributed by atoms with Crippen molar-refractivity contribution >= 4 is 38.7 Å². The van der Waals surface area contributed by atoms with Crippen molar-refractivity contribution in [2.24, 2.45) is 0 Å². The number of hydrogen-bond acceptors (Lipinski definition) is 2. The molecule has 0 bridgehead atoms. The van der Waals surface area contributed by atoms with Crippen LogP contribution < -0.4 is 4.90 Å². The van der Waals surface area contributed by atoms with E-state index in [9.17, 15) is 9.90 Å². The molecule has 0 aliphatic carbocycles. The van der Waals surface area contributed by atoms with Gasteiger partial charge in [0.05, 0.1) is 5.52 Å². The number of fused-ring (bicyclic) bond motifs is 1. The SMILES string of the molecule is CC(C)(C)N(C(=O)O)c1ccc2cc(Br)ccc2n1. The topological polar surface area (TPSA) is 53.4 Å². The number of benzene rings is 1. The van der Waals surface area contributed by atoms with Gasteiger partial charge < -0.3 is 5.11 Å². The summed E-state index contributed by atoms with van der Waals surface area (Å²) in [6.45, 7) is 5.53. The number of nitrogens with zero attached hydrogens (tertiary/aromatic N) is 2. The van der Waals surface area contributed by atoms with Gasteiger partial charge in [-0.2, -0.15) is 0 Å². The summed E-state index contributed by atoms with van der Waals surface area (Å²) in [5.74, 6) is 0.440. The van der Waals surface area contributed by atoms with E-state index < -0.39 is 11.6 Å². The first-order chi connectivity index (χ1) is 8.79. The fourth-order valence-electron chi connectivity index (χ4n) is 1.94. The number of hydrogen-bond donors (Lipinski definition) is 1. The van der Waals surface area contributed by atoms with Gasteiger partial charge >= 0.3 is 6.09 Å². The van der Waals surface area contributed by atoms with E-state index in [2.05, 4.69) is 20.9 Å². The average molecular weight is 323 g/mol. The third kappa shape index (κ3) is 2.87. The maximum atomic E-state index is 11.4. The van der Waals surface area contributed by atoms with E-state index in [1.807, 2.05) is 45.0 Å². The van der Waals surface area contributed by atoms with Crippen molar-refractivity contribution in [1.82, 2.24) is 4.98 Å². The zero-order valence-electron chi connectivity index (χ0n) is 11.0. The van der Waals surface area contributed by atoms with Gasteiger partial charge in [0, 0.05) is 15.4 Å². The fourth-order valence-corrected chi connectivity index (χ4v) is 2.32. The molecule has 1 heterocycles. The first kappa shape index (κ1) is 13.8. The van der Waals surface area contributed by atoms with Gasteiger partial charge in [-0.05, 0) is 51.1 Å². The minimum atomic E-state index is -1.00. The predicted molar refractivity (Wildman–Crippen MR) is 79.7 cm³/mol. The Hall–Kier alpha value is -1.62. The molecule has 0 unspecified atom stereocenters. The van der Waals surface area contributed by atoms with Gasteiger partial charge in [0.15, 0.2) is 0 Å².